The van der Waals surface area contributed by atoms with Gasteiger partial charge in [0.15, 0.2) is 11.9 Å². The molecule has 2 atom stereocenters. The van der Waals surface area contributed by atoms with E-state index < -0.39 is 23.7 Å². The summed E-state index contributed by atoms with van der Waals surface area (Å²) in [6.07, 6.45) is -1.54. The smallest absolute Gasteiger partial charge is 0.425 e. The molecule has 2 aromatic rings. The van der Waals surface area contributed by atoms with Crippen molar-refractivity contribution >= 4 is 5.91 Å². The van der Waals surface area contributed by atoms with Gasteiger partial charge in [0.2, 0.25) is 5.89 Å². The Morgan fingerprint density at radius 1 is 1.30 bits per heavy atom. The molecule has 0 bridgehead atoms. The van der Waals surface area contributed by atoms with Gasteiger partial charge in [-0.25, -0.2) is 0 Å². The van der Waals surface area contributed by atoms with Gasteiger partial charge >= 0.3 is 6.18 Å². The second-order valence-electron chi connectivity index (χ2n) is 8.25. The molecular weight excluding hydrogens is 401 g/mol. The predicted octanol–water partition coefficient (Wildman–Crippen LogP) is 4.04. The Morgan fingerprint density at radius 3 is 2.53 bits per heavy atom. The van der Waals surface area contributed by atoms with Crippen LogP contribution in [-0.2, 0) is 5.54 Å². The second kappa shape index (κ2) is 7.24. The number of alkyl halides is 3. The molecule has 2 fully saturated rings. The maximum absolute atomic E-state index is 13.0. The molecule has 2 heterocycles. The molecule has 10 heteroatoms. The van der Waals surface area contributed by atoms with Crippen LogP contribution in [-0.4, -0.2) is 33.3 Å². The minimum Gasteiger partial charge on any atom is -0.481 e. The van der Waals surface area contributed by atoms with Crippen molar-refractivity contribution in [1.82, 2.24) is 20.4 Å². The number of hydrogen-bond donors (Lipinski definition) is 1. The topological polar surface area (TPSA) is 90.1 Å². The highest BCUT2D eigenvalue weighted by atomic mass is 19.4. The molecule has 4 rings (SSSR count). The van der Waals surface area contributed by atoms with Gasteiger partial charge in [0.05, 0.1) is 0 Å². The standard InChI is InChI=1S/C20H23F3N4O3/c1-10(20(21,22)23)29-16-8-15(24-9-14(16)12-4-5-12)17(28)26-19(3,13-6-7-13)18-25-11(2)30-27-18/h8-10,12-13H,4-7H2,1-3H3,(H,26,28)/t10-,19?/m1/s1. The summed E-state index contributed by atoms with van der Waals surface area (Å²) in [4.78, 5) is 21.4. The highest BCUT2D eigenvalue weighted by Gasteiger charge is 2.47. The first-order valence-electron chi connectivity index (χ1n) is 9.94. The maximum Gasteiger partial charge on any atom is 0.425 e. The average Bonchev–Trinajstić information content (AvgIpc) is 3.58. The van der Waals surface area contributed by atoms with E-state index in [0.717, 1.165) is 32.6 Å². The van der Waals surface area contributed by atoms with E-state index in [1.54, 1.807) is 6.92 Å². The Balaban J connectivity index is 1.60. The molecule has 30 heavy (non-hydrogen) atoms. The van der Waals surface area contributed by atoms with E-state index in [-0.39, 0.29) is 23.3 Å². The fraction of sp³-hybridized carbons (Fsp3) is 0.600. The van der Waals surface area contributed by atoms with Crippen molar-refractivity contribution in [3.8, 4) is 5.75 Å². The summed E-state index contributed by atoms with van der Waals surface area (Å²) >= 11 is 0. The minimum absolute atomic E-state index is 0.0177. The summed E-state index contributed by atoms with van der Waals surface area (Å²) < 4.78 is 49.3. The number of hydrogen-bond acceptors (Lipinski definition) is 6. The van der Waals surface area contributed by atoms with E-state index in [4.69, 9.17) is 9.26 Å². The number of nitrogens with zero attached hydrogens (tertiary/aromatic N) is 3. The molecule has 162 valence electrons. The molecule has 2 aromatic heterocycles. The number of carbonyl (C=O) groups excluding carboxylic acids is 1. The third-order valence-electron chi connectivity index (χ3n) is 5.67. The van der Waals surface area contributed by atoms with Crippen LogP contribution < -0.4 is 10.1 Å². The van der Waals surface area contributed by atoms with Crippen molar-refractivity contribution in [3.63, 3.8) is 0 Å². The zero-order chi connectivity index (χ0) is 21.7. The van der Waals surface area contributed by atoms with E-state index >= 15 is 0 Å². The van der Waals surface area contributed by atoms with Gasteiger partial charge in [0, 0.05) is 24.8 Å². The van der Waals surface area contributed by atoms with Crippen LogP contribution in [0.3, 0.4) is 0 Å². The SMILES string of the molecule is Cc1nc(C(C)(NC(=O)c2cc(O[C@H](C)C(F)(F)F)c(C3CC3)cn2)C2CC2)no1. The number of pyridine rings is 1. The van der Waals surface area contributed by atoms with Crippen LogP contribution in [0.2, 0.25) is 0 Å². The first-order valence-corrected chi connectivity index (χ1v) is 9.94. The number of aryl methyl sites for hydroxylation is 1. The van der Waals surface area contributed by atoms with E-state index in [9.17, 15) is 18.0 Å². The van der Waals surface area contributed by atoms with Gasteiger partial charge in [-0.15, -0.1) is 0 Å². The summed E-state index contributed by atoms with van der Waals surface area (Å²) in [7, 11) is 0. The lowest BCUT2D eigenvalue weighted by atomic mass is 9.94. The van der Waals surface area contributed by atoms with Gasteiger partial charge in [-0.3, -0.25) is 9.78 Å². The molecule has 0 spiro atoms. The Labute approximate surface area is 171 Å². The Bertz CT molecular complexity index is 953. The summed E-state index contributed by atoms with van der Waals surface area (Å²) in [6.45, 7) is 4.42. The zero-order valence-electron chi connectivity index (χ0n) is 16.9. The Morgan fingerprint density at radius 2 is 2.00 bits per heavy atom. The molecule has 7 nitrogen and oxygen atoms in total. The molecular formula is C20H23F3N4O3. The molecule has 1 amide bonds. The highest BCUT2D eigenvalue weighted by Crippen LogP contribution is 2.46. The molecule has 2 saturated carbocycles. The number of ether oxygens (including phenoxy) is 1. The van der Waals surface area contributed by atoms with Crippen LogP contribution in [0.5, 0.6) is 5.75 Å². The Hall–Kier alpha value is -2.65. The monoisotopic (exact) mass is 424 g/mol. The quantitative estimate of drug-likeness (QED) is 0.722. The van der Waals surface area contributed by atoms with Crippen LogP contribution in [0.1, 0.15) is 73.2 Å². The van der Waals surface area contributed by atoms with Gasteiger partial charge in [0.25, 0.3) is 5.91 Å². The van der Waals surface area contributed by atoms with Crippen molar-refractivity contribution in [3.05, 3.63) is 35.2 Å². The van der Waals surface area contributed by atoms with Crippen molar-refractivity contribution in [2.45, 2.75) is 70.2 Å². The molecule has 0 aromatic carbocycles. The molecule has 2 aliphatic carbocycles. The first kappa shape index (κ1) is 20.6. The van der Waals surface area contributed by atoms with Crippen molar-refractivity contribution in [2.75, 3.05) is 0 Å². The van der Waals surface area contributed by atoms with Crippen LogP contribution in [0.4, 0.5) is 13.2 Å². The van der Waals surface area contributed by atoms with E-state index in [0.29, 0.717) is 17.3 Å². The normalized spacial score (nSPS) is 19.8. The average molecular weight is 424 g/mol. The second-order valence-corrected chi connectivity index (χ2v) is 8.25. The van der Waals surface area contributed by atoms with Crippen LogP contribution in [0, 0.1) is 12.8 Å². The molecule has 0 radical (unpaired) electrons. The number of rotatable bonds is 7. The third kappa shape index (κ3) is 4.13. The molecule has 0 saturated heterocycles. The maximum atomic E-state index is 13.0. The largest absolute Gasteiger partial charge is 0.481 e. The van der Waals surface area contributed by atoms with Gasteiger partial charge in [0.1, 0.15) is 17.0 Å². The van der Waals surface area contributed by atoms with Crippen molar-refractivity contribution in [1.29, 1.82) is 0 Å². The lowest BCUT2D eigenvalue weighted by Gasteiger charge is -2.27. The van der Waals surface area contributed by atoms with Crippen LogP contribution >= 0.6 is 0 Å². The number of aromatic nitrogens is 3. The molecule has 1 N–H and O–H groups in total. The summed E-state index contributed by atoms with van der Waals surface area (Å²) in [5, 5.41) is 6.87. The van der Waals surface area contributed by atoms with Gasteiger partial charge < -0.3 is 14.6 Å². The van der Waals surface area contributed by atoms with Crippen molar-refractivity contribution < 1.29 is 27.2 Å². The highest BCUT2D eigenvalue weighted by molar-refractivity contribution is 5.93. The zero-order valence-corrected chi connectivity index (χ0v) is 16.9. The predicted molar refractivity (Wildman–Crippen MR) is 98.9 cm³/mol. The lowest BCUT2D eigenvalue weighted by Crippen LogP contribution is -2.46. The fourth-order valence-electron chi connectivity index (χ4n) is 3.44. The van der Waals surface area contributed by atoms with Crippen LogP contribution in [0.25, 0.3) is 0 Å². The first-order chi connectivity index (χ1) is 14.1. The van der Waals surface area contributed by atoms with Crippen molar-refractivity contribution in [2.24, 2.45) is 5.92 Å². The van der Waals surface area contributed by atoms with Gasteiger partial charge in [-0.2, -0.15) is 18.2 Å². The number of carbonyl (C=O) groups is 1. The van der Waals surface area contributed by atoms with Crippen LogP contribution in [0.15, 0.2) is 16.8 Å². The lowest BCUT2D eigenvalue weighted by molar-refractivity contribution is -0.189. The fourth-order valence-corrected chi connectivity index (χ4v) is 3.44. The summed E-state index contributed by atoms with van der Waals surface area (Å²) in [5.41, 5.74) is -0.274. The van der Waals surface area contributed by atoms with E-state index in [1.165, 1.54) is 12.3 Å². The number of amides is 1. The molecule has 1 unspecified atom stereocenters. The number of nitrogens with one attached hydrogen (secondary N) is 1. The third-order valence-corrected chi connectivity index (χ3v) is 5.67. The number of halogens is 3. The van der Waals surface area contributed by atoms with E-state index in [2.05, 4.69) is 20.4 Å². The summed E-state index contributed by atoms with van der Waals surface area (Å²) in [5.74, 6) is 0.529. The Kier molecular flexibility index (Phi) is 4.98. The summed E-state index contributed by atoms with van der Waals surface area (Å²) in [6, 6.07) is 1.29. The minimum atomic E-state index is -4.51. The van der Waals surface area contributed by atoms with E-state index in [1.807, 2.05) is 6.92 Å². The van der Waals surface area contributed by atoms with Gasteiger partial charge in [-0.05, 0) is 51.4 Å². The molecule has 0 aliphatic heterocycles. The molecule has 2 aliphatic rings. The van der Waals surface area contributed by atoms with Gasteiger partial charge in [-0.1, -0.05) is 5.16 Å².